The van der Waals surface area contributed by atoms with E-state index in [1.54, 1.807) is 11.3 Å². The van der Waals surface area contributed by atoms with Crippen LogP contribution in [0.25, 0.3) is 11.3 Å². The van der Waals surface area contributed by atoms with E-state index in [-0.39, 0.29) is 5.54 Å². The van der Waals surface area contributed by atoms with Crippen molar-refractivity contribution in [2.24, 2.45) is 11.7 Å². The second-order valence-electron chi connectivity index (χ2n) is 6.40. The Bertz CT molecular complexity index is 578. The molecule has 1 aromatic heterocycles. The van der Waals surface area contributed by atoms with Gasteiger partial charge in [-0.05, 0) is 18.8 Å². The highest BCUT2D eigenvalue weighted by atomic mass is 32.1. The molecule has 0 bridgehead atoms. The van der Waals surface area contributed by atoms with Crippen molar-refractivity contribution in [1.82, 2.24) is 4.98 Å². The van der Waals surface area contributed by atoms with Crippen LogP contribution in [0, 0.1) is 5.92 Å². The van der Waals surface area contributed by atoms with Crippen molar-refractivity contribution in [3.05, 3.63) is 40.7 Å². The Labute approximate surface area is 131 Å². The number of hydrogen-bond acceptors (Lipinski definition) is 3. The number of benzene rings is 1. The predicted molar refractivity (Wildman–Crippen MR) is 90.4 cm³/mol. The molecule has 2 atom stereocenters. The molecule has 1 saturated carbocycles. The molecule has 0 aliphatic heterocycles. The van der Waals surface area contributed by atoms with E-state index in [1.165, 1.54) is 29.8 Å². The van der Waals surface area contributed by atoms with Gasteiger partial charge in [-0.1, -0.05) is 56.5 Å². The molecular formula is C18H24N2S. The summed E-state index contributed by atoms with van der Waals surface area (Å²) < 4.78 is 0. The number of rotatable bonds is 4. The molecule has 2 nitrogen and oxygen atoms in total. The van der Waals surface area contributed by atoms with Crippen LogP contribution in [0.3, 0.4) is 0 Å². The molecule has 1 aromatic carbocycles. The first kappa shape index (κ1) is 14.7. The number of nitrogens with zero attached hydrogens (tertiary/aromatic N) is 1. The third-order valence-corrected chi connectivity index (χ3v) is 5.53. The number of nitrogens with two attached hydrogens (primary N) is 1. The second kappa shape index (κ2) is 6.29. The van der Waals surface area contributed by atoms with Crippen LogP contribution in [0.1, 0.15) is 44.0 Å². The topological polar surface area (TPSA) is 38.9 Å². The predicted octanol–water partition coefficient (Wildman–Crippen LogP) is 4.65. The molecule has 3 rings (SSSR count). The maximum Gasteiger partial charge on any atom is 0.0950 e. The van der Waals surface area contributed by atoms with Crippen molar-refractivity contribution < 1.29 is 0 Å². The molecule has 1 aliphatic carbocycles. The van der Waals surface area contributed by atoms with Crippen LogP contribution in [0.5, 0.6) is 0 Å². The zero-order chi connectivity index (χ0) is 14.7. The van der Waals surface area contributed by atoms with Gasteiger partial charge in [-0.2, -0.15) is 0 Å². The van der Waals surface area contributed by atoms with Crippen LogP contribution in [-0.4, -0.2) is 10.5 Å². The third-order valence-electron chi connectivity index (χ3n) is 4.68. The van der Waals surface area contributed by atoms with Crippen LogP contribution in [-0.2, 0) is 6.42 Å². The highest BCUT2D eigenvalue weighted by molar-refractivity contribution is 7.09. The molecule has 2 unspecified atom stereocenters. The average molecular weight is 300 g/mol. The molecule has 112 valence electrons. The van der Waals surface area contributed by atoms with Crippen LogP contribution < -0.4 is 5.73 Å². The number of thiazole rings is 1. The lowest BCUT2D eigenvalue weighted by Gasteiger charge is -2.37. The molecule has 0 spiro atoms. The average Bonchev–Trinajstić information content (AvgIpc) is 2.96. The highest BCUT2D eigenvalue weighted by Gasteiger charge is 2.33. The Kier molecular flexibility index (Phi) is 4.41. The van der Waals surface area contributed by atoms with Gasteiger partial charge in [0.1, 0.15) is 0 Å². The van der Waals surface area contributed by atoms with Gasteiger partial charge in [0.2, 0.25) is 0 Å². The molecule has 3 heteroatoms. The zero-order valence-electron chi connectivity index (χ0n) is 12.7. The molecule has 21 heavy (non-hydrogen) atoms. The minimum absolute atomic E-state index is 0.0370. The normalized spacial score (nSPS) is 25.9. The van der Waals surface area contributed by atoms with Gasteiger partial charge in [0.05, 0.1) is 10.7 Å². The summed E-state index contributed by atoms with van der Waals surface area (Å²) in [6, 6.07) is 10.4. The summed E-state index contributed by atoms with van der Waals surface area (Å²) in [5.74, 6) is 0.803. The molecule has 2 N–H and O–H groups in total. The Hall–Kier alpha value is -1.19. The van der Waals surface area contributed by atoms with E-state index < -0.39 is 0 Å². The van der Waals surface area contributed by atoms with E-state index in [2.05, 4.69) is 36.6 Å². The molecule has 0 radical (unpaired) electrons. The van der Waals surface area contributed by atoms with Crippen molar-refractivity contribution >= 4 is 11.3 Å². The lowest BCUT2D eigenvalue weighted by Crippen LogP contribution is -2.46. The summed E-state index contributed by atoms with van der Waals surface area (Å²) >= 11 is 1.75. The Morgan fingerprint density at radius 2 is 2.14 bits per heavy atom. The molecule has 0 amide bonds. The van der Waals surface area contributed by atoms with Gasteiger partial charge >= 0.3 is 0 Å². The quantitative estimate of drug-likeness (QED) is 0.892. The molecule has 1 fully saturated rings. The van der Waals surface area contributed by atoms with Gasteiger partial charge in [0.15, 0.2) is 0 Å². The maximum absolute atomic E-state index is 6.67. The van der Waals surface area contributed by atoms with Crippen LogP contribution in [0.15, 0.2) is 35.7 Å². The van der Waals surface area contributed by atoms with E-state index >= 15 is 0 Å². The Morgan fingerprint density at radius 3 is 2.90 bits per heavy atom. The Morgan fingerprint density at radius 1 is 1.33 bits per heavy atom. The number of aromatic nitrogens is 1. The van der Waals surface area contributed by atoms with Gasteiger partial charge in [-0.3, -0.25) is 0 Å². The third kappa shape index (κ3) is 3.53. The maximum atomic E-state index is 6.67. The SMILES string of the molecule is CCC1CCCC(N)(Cc2nc(-c3ccccc3)cs2)C1. The zero-order valence-corrected chi connectivity index (χ0v) is 13.5. The van der Waals surface area contributed by atoms with Crippen LogP contribution in [0.2, 0.25) is 0 Å². The molecule has 1 heterocycles. The monoisotopic (exact) mass is 300 g/mol. The van der Waals surface area contributed by atoms with E-state index in [4.69, 9.17) is 10.7 Å². The second-order valence-corrected chi connectivity index (χ2v) is 7.34. The molecule has 2 aromatic rings. The van der Waals surface area contributed by atoms with E-state index in [9.17, 15) is 0 Å². The van der Waals surface area contributed by atoms with Crippen molar-refractivity contribution in [1.29, 1.82) is 0 Å². The lowest BCUT2D eigenvalue weighted by atomic mass is 9.74. The molecule has 0 saturated heterocycles. The summed E-state index contributed by atoms with van der Waals surface area (Å²) in [7, 11) is 0. The standard InChI is InChI=1S/C18H24N2S/c1-2-14-7-6-10-18(19,11-14)12-17-20-16(13-21-17)15-8-4-3-5-9-15/h3-5,8-9,13-14H,2,6-7,10-12,19H2,1H3. The van der Waals surface area contributed by atoms with Gasteiger partial charge in [-0.25, -0.2) is 4.98 Å². The summed E-state index contributed by atoms with van der Waals surface area (Å²) in [5, 5.41) is 3.35. The number of hydrogen-bond donors (Lipinski definition) is 1. The fourth-order valence-electron chi connectivity index (χ4n) is 3.47. The largest absolute Gasteiger partial charge is 0.325 e. The first-order valence-electron chi connectivity index (χ1n) is 7.97. The van der Waals surface area contributed by atoms with Crippen molar-refractivity contribution in [3.8, 4) is 11.3 Å². The van der Waals surface area contributed by atoms with Gasteiger partial charge in [0.25, 0.3) is 0 Å². The summed E-state index contributed by atoms with van der Waals surface area (Å²) in [4.78, 5) is 4.81. The minimum atomic E-state index is -0.0370. The van der Waals surface area contributed by atoms with Gasteiger partial charge < -0.3 is 5.73 Å². The van der Waals surface area contributed by atoms with Crippen molar-refractivity contribution in [2.75, 3.05) is 0 Å². The van der Waals surface area contributed by atoms with Crippen LogP contribution in [0.4, 0.5) is 0 Å². The van der Waals surface area contributed by atoms with Crippen molar-refractivity contribution in [3.63, 3.8) is 0 Å². The lowest BCUT2D eigenvalue weighted by molar-refractivity contribution is 0.218. The van der Waals surface area contributed by atoms with E-state index in [0.717, 1.165) is 30.9 Å². The summed E-state index contributed by atoms with van der Waals surface area (Å²) in [5.41, 5.74) is 8.92. The minimum Gasteiger partial charge on any atom is -0.325 e. The summed E-state index contributed by atoms with van der Waals surface area (Å²) in [6.45, 7) is 2.29. The fourth-order valence-corrected chi connectivity index (χ4v) is 4.42. The molecular weight excluding hydrogens is 276 g/mol. The summed E-state index contributed by atoms with van der Waals surface area (Å²) in [6.07, 6.45) is 7.11. The first-order chi connectivity index (χ1) is 10.2. The van der Waals surface area contributed by atoms with Gasteiger partial charge in [-0.15, -0.1) is 11.3 Å². The van der Waals surface area contributed by atoms with Gasteiger partial charge in [0, 0.05) is 22.9 Å². The Balaban J connectivity index is 1.72. The van der Waals surface area contributed by atoms with Crippen LogP contribution >= 0.6 is 11.3 Å². The van der Waals surface area contributed by atoms with E-state index in [1.807, 2.05) is 6.07 Å². The first-order valence-corrected chi connectivity index (χ1v) is 8.85. The smallest absolute Gasteiger partial charge is 0.0950 e. The highest BCUT2D eigenvalue weighted by Crippen LogP contribution is 2.35. The molecule has 1 aliphatic rings. The van der Waals surface area contributed by atoms with E-state index in [0.29, 0.717) is 0 Å². The fraction of sp³-hybridized carbons (Fsp3) is 0.500. The van der Waals surface area contributed by atoms with Crippen molar-refractivity contribution in [2.45, 2.75) is 51.0 Å².